The summed E-state index contributed by atoms with van der Waals surface area (Å²) in [6.07, 6.45) is 12.8. The number of hydrogen-bond donors (Lipinski definition) is 1. The normalized spacial score (nSPS) is 13.3. The largest absolute Gasteiger partial charge is 0.355 e. The van der Waals surface area contributed by atoms with Gasteiger partial charge in [-0.15, -0.1) is 0 Å². The number of amides is 1. The van der Waals surface area contributed by atoms with Gasteiger partial charge in [0, 0.05) is 13.0 Å². The van der Waals surface area contributed by atoms with E-state index >= 15 is 0 Å². The van der Waals surface area contributed by atoms with Crippen molar-refractivity contribution in [1.82, 2.24) is 5.32 Å². The summed E-state index contributed by atoms with van der Waals surface area (Å²) in [6, 6.07) is 0. The molecule has 0 aromatic rings. The van der Waals surface area contributed by atoms with E-state index in [0.717, 1.165) is 38.5 Å². The standard InChI is InChI=1S/C21H35NO2/c1-17(2)14-21(24)15-20(5)11-7-9-18(3)8-6-10-19(4)12-13-22-16-23/h8,12,15-17H,6-7,9-11,13-14H2,1-5H3,(H,22,23)/b18-8+,19-12+,20-15+. The van der Waals surface area contributed by atoms with Crippen LogP contribution in [0.15, 0.2) is 34.9 Å². The molecule has 0 spiro atoms. The molecule has 0 aliphatic heterocycles. The molecular formula is C21H35NO2. The minimum atomic E-state index is 0.251. The predicted octanol–water partition coefficient (Wildman–Crippen LogP) is 5.14. The predicted molar refractivity (Wildman–Crippen MR) is 103 cm³/mol. The average Bonchev–Trinajstić information content (AvgIpc) is 2.46. The molecule has 3 heteroatoms. The van der Waals surface area contributed by atoms with E-state index in [4.69, 9.17) is 0 Å². The molecule has 0 radical (unpaired) electrons. The summed E-state index contributed by atoms with van der Waals surface area (Å²) in [5, 5.41) is 2.64. The van der Waals surface area contributed by atoms with Crippen LogP contribution in [-0.2, 0) is 9.59 Å². The average molecular weight is 334 g/mol. The van der Waals surface area contributed by atoms with Gasteiger partial charge in [0.05, 0.1) is 0 Å². The first-order chi connectivity index (χ1) is 11.3. The van der Waals surface area contributed by atoms with Crippen LogP contribution in [-0.4, -0.2) is 18.7 Å². The highest BCUT2D eigenvalue weighted by Gasteiger charge is 2.02. The Bertz CT molecular complexity index is 470. The number of carbonyl (C=O) groups excluding carboxylic acids is 2. The van der Waals surface area contributed by atoms with E-state index in [9.17, 15) is 9.59 Å². The molecule has 3 nitrogen and oxygen atoms in total. The van der Waals surface area contributed by atoms with Crippen molar-refractivity contribution in [3.05, 3.63) is 34.9 Å². The van der Waals surface area contributed by atoms with E-state index < -0.39 is 0 Å². The van der Waals surface area contributed by atoms with Gasteiger partial charge in [-0.2, -0.15) is 0 Å². The van der Waals surface area contributed by atoms with Crippen LogP contribution >= 0.6 is 0 Å². The summed E-state index contributed by atoms with van der Waals surface area (Å²) in [6.45, 7) is 11.1. The Labute approximate surface area is 148 Å². The molecule has 24 heavy (non-hydrogen) atoms. The molecule has 0 fully saturated rings. The zero-order valence-corrected chi connectivity index (χ0v) is 16.2. The third-order valence-electron chi connectivity index (χ3n) is 3.84. The highest BCUT2D eigenvalue weighted by molar-refractivity contribution is 5.90. The van der Waals surface area contributed by atoms with Crippen LogP contribution in [0.4, 0.5) is 0 Å². The van der Waals surface area contributed by atoms with Crippen molar-refractivity contribution in [3.63, 3.8) is 0 Å². The minimum Gasteiger partial charge on any atom is -0.355 e. The SMILES string of the molecule is C/C(=C\CNC=O)CC/C=C(\C)CCC/C(C)=C/C(=O)CC(C)C. The Morgan fingerprint density at radius 3 is 2.21 bits per heavy atom. The Morgan fingerprint density at radius 1 is 0.958 bits per heavy atom. The van der Waals surface area contributed by atoms with Gasteiger partial charge < -0.3 is 5.32 Å². The van der Waals surface area contributed by atoms with Crippen LogP contribution in [0.1, 0.15) is 73.1 Å². The van der Waals surface area contributed by atoms with E-state index in [2.05, 4.69) is 52.1 Å². The quantitative estimate of drug-likeness (QED) is 0.220. The summed E-state index contributed by atoms with van der Waals surface area (Å²) in [4.78, 5) is 21.9. The molecule has 0 bridgehead atoms. The Hall–Kier alpha value is -1.64. The molecule has 0 saturated heterocycles. The van der Waals surface area contributed by atoms with Gasteiger partial charge in [-0.1, -0.05) is 42.7 Å². The third-order valence-corrected chi connectivity index (χ3v) is 3.84. The zero-order chi connectivity index (χ0) is 18.4. The Balaban J connectivity index is 4.01. The van der Waals surface area contributed by atoms with Crippen LogP contribution in [0.3, 0.4) is 0 Å². The number of hydrogen-bond acceptors (Lipinski definition) is 2. The van der Waals surface area contributed by atoms with Gasteiger partial charge in [-0.25, -0.2) is 0 Å². The summed E-state index contributed by atoms with van der Waals surface area (Å²) < 4.78 is 0. The molecule has 136 valence electrons. The topological polar surface area (TPSA) is 46.2 Å². The second-order valence-corrected chi connectivity index (χ2v) is 7.07. The Morgan fingerprint density at radius 2 is 1.58 bits per heavy atom. The summed E-state index contributed by atoms with van der Waals surface area (Å²) >= 11 is 0. The van der Waals surface area contributed by atoms with Crippen LogP contribution in [0.25, 0.3) is 0 Å². The lowest BCUT2D eigenvalue weighted by molar-refractivity contribution is -0.115. The van der Waals surface area contributed by atoms with Crippen molar-refractivity contribution >= 4 is 12.2 Å². The number of rotatable bonds is 13. The molecule has 0 aliphatic carbocycles. The van der Waals surface area contributed by atoms with E-state index in [1.165, 1.54) is 16.7 Å². The molecule has 0 heterocycles. The van der Waals surface area contributed by atoms with Gasteiger partial charge in [0.2, 0.25) is 6.41 Å². The lowest BCUT2D eigenvalue weighted by atomic mass is 10.0. The van der Waals surface area contributed by atoms with Gasteiger partial charge in [-0.05, 0) is 64.9 Å². The maximum Gasteiger partial charge on any atom is 0.207 e. The first kappa shape index (κ1) is 22.4. The second kappa shape index (κ2) is 13.8. The Kier molecular flexibility index (Phi) is 12.8. The molecule has 0 aromatic heterocycles. The van der Waals surface area contributed by atoms with E-state index in [1.54, 1.807) is 0 Å². The van der Waals surface area contributed by atoms with Crippen molar-refractivity contribution in [2.45, 2.75) is 73.1 Å². The fraction of sp³-hybridized carbons (Fsp3) is 0.619. The van der Waals surface area contributed by atoms with E-state index in [1.807, 2.05) is 6.08 Å². The summed E-state index contributed by atoms with van der Waals surface area (Å²) in [5.74, 6) is 0.680. The first-order valence-electron chi connectivity index (χ1n) is 9.03. The molecule has 0 aromatic carbocycles. The monoisotopic (exact) mass is 333 g/mol. The van der Waals surface area contributed by atoms with Crippen LogP contribution in [0.5, 0.6) is 0 Å². The summed E-state index contributed by atoms with van der Waals surface area (Å²) in [7, 11) is 0. The number of ketones is 1. The van der Waals surface area contributed by atoms with Crippen molar-refractivity contribution in [3.8, 4) is 0 Å². The third kappa shape index (κ3) is 14.0. The number of nitrogens with one attached hydrogen (secondary N) is 1. The maximum absolute atomic E-state index is 11.7. The van der Waals surface area contributed by atoms with Crippen LogP contribution in [0.2, 0.25) is 0 Å². The van der Waals surface area contributed by atoms with E-state index in [-0.39, 0.29) is 5.78 Å². The first-order valence-corrected chi connectivity index (χ1v) is 9.03. The summed E-state index contributed by atoms with van der Waals surface area (Å²) in [5.41, 5.74) is 3.90. The van der Waals surface area contributed by atoms with Crippen LogP contribution in [0, 0.1) is 5.92 Å². The lowest BCUT2D eigenvalue weighted by Gasteiger charge is -2.05. The fourth-order valence-corrected chi connectivity index (χ4v) is 2.49. The van der Waals surface area contributed by atoms with Gasteiger partial charge in [-0.3, -0.25) is 9.59 Å². The van der Waals surface area contributed by atoms with Gasteiger partial charge >= 0.3 is 0 Å². The second-order valence-electron chi connectivity index (χ2n) is 7.07. The molecule has 0 saturated carbocycles. The number of allylic oxidation sites excluding steroid dienone is 5. The zero-order valence-electron chi connectivity index (χ0n) is 16.2. The maximum atomic E-state index is 11.7. The molecule has 0 atom stereocenters. The van der Waals surface area contributed by atoms with Crippen molar-refractivity contribution < 1.29 is 9.59 Å². The molecule has 1 N–H and O–H groups in total. The van der Waals surface area contributed by atoms with Crippen molar-refractivity contribution in [1.29, 1.82) is 0 Å². The lowest BCUT2D eigenvalue weighted by Crippen LogP contribution is -2.09. The molecule has 1 amide bonds. The van der Waals surface area contributed by atoms with E-state index in [0.29, 0.717) is 18.9 Å². The van der Waals surface area contributed by atoms with Gasteiger partial charge in [0.1, 0.15) is 0 Å². The highest BCUT2D eigenvalue weighted by Crippen LogP contribution is 2.14. The molecule has 0 aliphatic rings. The molecule has 0 rings (SSSR count). The molecule has 0 unspecified atom stereocenters. The van der Waals surface area contributed by atoms with Crippen molar-refractivity contribution in [2.75, 3.05) is 6.54 Å². The fourth-order valence-electron chi connectivity index (χ4n) is 2.49. The van der Waals surface area contributed by atoms with Crippen molar-refractivity contribution in [2.24, 2.45) is 5.92 Å². The minimum absolute atomic E-state index is 0.251. The van der Waals surface area contributed by atoms with Crippen LogP contribution < -0.4 is 5.32 Å². The number of carbonyl (C=O) groups is 2. The molecular weight excluding hydrogens is 298 g/mol. The van der Waals surface area contributed by atoms with Gasteiger partial charge in [0.25, 0.3) is 0 Å². The van der Waals surface area contributed by atoms with Gasteiger partial charge in [0.15, 0.2) is 5.78 Å². The smallest absolute Gasteiger partial charge is 0.207 e. The highest BCUT2D eigenvalue weighted by atomic mass is 16.1.